The van der Waals surface area contributed by atoms with Crippen LogP contribution in [-0.2, 0) is 23.6 Å². The van der Waals surface area contributed by atoms with E-state index >= 15 is 0 Å². The molecule has 0 bridgehead atoms. The smallest absolute Gasteiger partial charge is 0.416 e. The number of fused-ring (bicyclic) bond motifs is 1. The highest BCUT2D eigenvalue weighted by Gasteiger charge is 2.43. The van der Waals surface area contributed by atoms with Crippen LogP contribution in [0.5, 0.6) is 5.75 Å². The largest absolute Gasteiger partial charge is 0.496 e. The molecule has 4 nitrogen and oxygen atoms in total. The van der Waals surface area contributed by atoms with Crippen LogP contribution in [0.2, 0.25) is 0 Å². The predicted molar refractivity (Wildman–Crippen MR) is 116 cm³/mol. The van der Waals surface area contributed by atoms with Crippen LogP contribution in [-0.4, -0.2) is 25.2 Å². The molecule has 0 saturated carbocycles. The molecule has 3 rings (SSSR count). The van der Waals surface area contributed by atoms with Gasteiger partial charge in [0.05, 0.1) is 18.2 Å². The molecule has 1 amide bonds. The van der Waals surface area contributed by atoms with Crippen LogP contribution >= 0.6 is 22.6 Å². The van der Waals surface area contributed by atoms with Crippen LogP contribution in [0.1, 0.15) is 59.3 Å². The van der Waals surface area contributed by atoms with E-state index in [9.17, 15) is 31.1 Å². The van der Waals surface area contributed by atoms with E-state index in [-0.39, 0.29) is 17.5 Å². The molecule has 0 N–H and O–H groups in total. The number of nitrogens with zero attached hydrogens (tertiary/aromatic N) is 1. The average molecular weight is 587 g/mol. The summed E-state index contributed by atoms with van der Waals surface area (Å²) in [7, 11) is 2.75. The molecule has 1 aliphatic rings. The van der Waals surface area contributed by atoms with Gasteiger partial charge in [-0.15, -0.1) is 0 Å². The fourth-order valence-corrected chi connectivity index (χ4v) is 4.81. The first-order chi connectivity index (χ1) is 15.1. The van der Waals surface area contributed by atoms with E-state index < -0.39 is 42.2 Å². The molecule has 0 fully saturated rings. The van der Waals surface area contributed by atoms with Crippen LogP contribution in [0, 0.1) is 3.57 Å². The molecule has 33 heavy (non-hydrogen) atoms. The normalized spacial score (nSPS) is 15.3. The number of halogens is 7. The van der Waals surface area contributed by atoms with Crippen molar-refractivity contribution < 1.29 is 40.6 Å². The SMILES string of the molecule is COc1c(C(C)C)c(I)cc2c1C2OC(=O)N(C)Cc1cc(C(F)(F)F)cc(C(F)(F)F)c1. The molecular weight excluding hydrogens is 567 g/mol. The Morgan fingerprint density at radius 3 is 2.06 bits per heavy atom. The highest BCUT2D eigenvalue weighted by Crippen LogP contribution is 2.54. The lowest BCUT2D eigenvalue weighted by Crippen LogP contribution is -2.27. The Bertz CT molecular complexity index is 1050. The number of amides is 1. The standard InChI is InChI=1S/C22H20F6INO3/c1-10(2)16-15(29)8-14-17(19(16)32-4)18(14)33-20(31)30(3)9-11-5-12(21(23,24)25)7-13(6-11)22(26,27)28/h5-8,10,18H,9H2,1-4H3. The van der Waals surface area contributed by atoms with Gasteiger partial charge in [-0.05, 0) is 58.3 Å². The summed E-state index contributed by atoms with van der Waals surface area (Å²) in [4.78, 5) is 13.5. The molecule has 180 valence electrons. The monoisotopic (exact) mass is 587 g/mol. The highest BCUT2D eigenvalue weighted by atomic mass is 127. The van der Waals surface area contributed by atoms with Gasteiger partial charge in [-0.3, -0.25) is 0 Å². The second-order valence-corrected chi connectivity index (χ2v) is 9.16. The third kappa shape index (κ3) is 5.33. The Kier molecular flexibility index (Phi) is 6.84. The van der Waals surface area contributed by atoms with Gasteiger partial charge in [0.1, 0.15) is 5.75 Å². The summed E-state index contributed by atoms with van der Waals surface area (Å²) in [6.45, 7) is 3.49. The van der Waals surface area contributed by atoms with Crippen molar-refractivity contribution in [3.8, 4) is 5.75 Å². The number of hydrogen-bond acceptors (Lipinski definition) is 3. The van der Waals surface area contributed by atoms with Crippen LogP contribution in [0.4, 0.5) is 31.1 Å². The molecule has 1 atom stereocenters. The van der Waals surface area contributed by atoms with E-state index in [1.165, 1.54) is 14.2 Å². The third-order valence-corrected chi connectivity index (χ3v) is 6.07. The topological polar surface area (TPSA) is 38.8 Å². The molecule has 0 aliphatic heterocycles. The van der Waals surface area contributed by atoms with Crippen molar-refractivity contribution in [1.29, 1.82) is 0 Å². The number of carbonyl (C=O) groups is 1. The number of ether oxygens (including phenoxy) is 2. The van der Waals surface area contributed by atoms with Gasteiger partial charge in [0.15, 0.2) is 6.10 Å². The Hall–Kier alpha value is -2.18. The van der Waals surface area contributed by atoms with Crippen LogP contribution in [0.3, 0.4) is 0 Å². The second kappa shape index (κ2) is 8.88. The zero-order chi connectivity index (χ0) is 24.9. The molecule has 2 aromatic carbocycles. The molecule has 0 saturated heterocycles. The van der Waals surface area contributed by atoms with Crippen molar-refractivity contribution in [2.45, 2.75) is 44.8 Å². The van der Waals surface area contributed by atoms with Gasteiger partial charge in [0.2, 0.25) is 0 Å². The molecule has 11 heteroatoms. The van der Waals surface area contributed by atoms with Crippen LogP contribution in [0.25, 0.3) is 0 Å². The van der Waals surface area contributed by atoms with Gasteiger partial charge in [0.25, 0.3) is 0 Å². The molecule has 0 heterocycles. The Labute approximate surface area is 200 Å². The zero-order valence-corrected chi connectivity index (χ0v) is 20.1. The molecule has 2 aromatic rings. The van der Waals surface area contributed by atoms with Crippen molar-refractivity contribution in [2.75, 3.05) is 14.2 Å². The first kappa shape index (κ1) is 25.4. The Balaban J connectivity index is 1.79. The van der Waals surface area contributed by atoms with E-state index in [0.717, 1.165) is 19.6 Å². The van der Waals surface area contributed by atoms with Crippen LogP contribution in [0.15, 0.2) is 24.3 Å². The molecule has 0 spiro atoms. The van der Waals surface area contributed by atoms with E-state index in [1.54, 1.807) is 0 Å². The summed E-state index contributed by atoms with van der Waals surface area (Å²) in [5.41, 5.74) is -0.775. The van der Waals surface area contributed by atoms with Gasteiger partial charge < -0.3 is 14.4 Å². The molecule has 1 unspecified atom stereocenters. The van der Waals surface area contributed by atoms with Crippen molar-refractivity contribution >= 4 is 28.7 Å². The summed E-state index contributed by atoms with van der Waals surface area (Å²) >= 11 is 2.16. The van der Waals surface area contributed by atoms with E-state index in [0.29, 0.717) is 23.4 Å². The lowest BCUT2D eigenvalue weighted by Gasteiger charge is -2.19. The molecule has 1 aliphatic carbocycles. The van der Waals surface area contributed by atoms with Crippen molar-refractivity contribution in [3.63, 3.8) is 0 Å². The quantitative estimate of drug-likeness (QED) is 0.276. The molecule has 0 radical (unpaired) electrons. The first-order valence-corrected chi connectivity index (χ1v) is 10.8. The number of benzene rings is 2. The Morgan fingerprint density at radius 2 is 1.61 bits per heavy atom. The maximum absolute atomic E-state index is 13.1. The van der Waals surface area contributed by atoms with Crippen molar-refractivity contribution in [1.82, 2.24) is 4.90 Å². The maximum Gasteiger partial charge on any atom is 0.416 e. The van der Waals surface area contributed by atoms with Gasteiger partial charge in [-0.25, -0.2) is 4.79 Å². The molecule has 0 aromatic heterocycles. The van der Waals surface area contributed by atoms with Gasteiger partial charge in [-0.2, -0.15) is 26.3 Å². The van der Waals surface area contributed by atoms with Crippen LogP contribution < -0.4 is 4.74 Å². The fraction of sp³-hybridized carbons (Fsp3) is 0.409. The zero-order valence-electron chi connectivity index (χ0n) is 18.0. The summed E-state index contributed by atoms with van der Waals surface area (Å²) in [5, 5.41) is 0. The van der Waals surface area contributed by atoms with Crippen molar-refractivity contribution in [3.05, 3.63) is 61.2 Å². The van der Waals surface area contributed by atoms with E-state index in [4.69, 9.17) is 9.47 Å². The maximum atomic E-state index is 13.1. The Morgan fingerprint density at radius 1 is 1.06 bits per heavy atom. The minimum Gasteiger partial charge on any atom is -0.496 e. The summed E-state index contributed by atoms with van der Waals surface area (Å²) in [5.74, 6) is 0.764. The third-order valence-electron chi connectivity index (χ3n) is 5.18. The lowest BCUT2D eigenvalue weighted by atomic mass is 10.0. The fourth-order valence-electron chi connectivity index (χ4n) is 3.61. The number of carbonyl (C=O) groups excluding carboxylic acids is 1. The van der Waals surface area contributed by atoms with Gasteiger partial charge in [0, 0.05) is 33.9 Å². The predicted octanol–water partition coefficient (Wildman–Crippen LogP) is 7.13. The van der Waals surface area contributed by atoms with E-state index in [2.05, 4.69) is 22.6 Å². The first-order valence-electron chi connectivity index (χ1n) is 9.75. The van der Waals surface area contributed by atoms with E-state index in [1.807, 2.05) is 19.9 Å². The van der Waals surface area contributed by atoms with Gasteiger partial charge >= 0.3 is 18.4 Å². The highest BCUT2D eigenvalue weighted by molar-refractivity contribution is 14.1. The van der Waals surface area contributed by atoms with Gasteiger partial charge in [-0.1, -0.05) is 13.8 Å². The number of methoxy groups -OCH3 is 1. The minimum absolute atomic E-state index is 0.0445. The lowest BCUT2D eigenvalue weighted by molar-refractivity contribution is -0.143. The number of rotatable bonds is 5. The summed E-state index contributed by atoms with van der Waals surface area (Å²) < 4.78 is 90.3. The summed E-state index contributed by atoms with van der Waals surface area (Å²) in [6.07, 6.45) is -11.5. The number of alkyl halides is 6. The number of hydrogen-bond donors (Lipinski definition) is 0. The molecular formula is C22H20F6INO3. The second-order valence-electron chi connectivity index (χ2n) is 8.00. The average Bonchev–Trinajstić information content (AvgIpc) is 3.36. The van der Waals surface area contributed by atoms with Crippen molar-refractivity contribution in [2.24, 2.45) is 0 Å². The summed E-state index contributed by atoms with van der Waals surface area (Å²) in [6, 6.07) is 3.09. The minimum atomic E-state index is -4.97.